The summed E-state index contributed by atoms with van der Waals surface area (Å²) in [6.07, 6.45) is 0. The van der Waals surface area contributed by atoms with Crippen molar-refractivity contribution in [3.63, 3.8) is 0 Å². The highest BCUT2D eigenvalue weighted by molar-refractivity contribution is 7.51. The predicted octanol–water partition coefficient (Wildman–Crippen LogP) is 3.85. The number of nitro benzene ring substituents is 1. The Kier molecular flexibility index (Phi) is 5.53. The van der Waals surface area contributed by atoms with Gasteiger partial charge in [-0.2, -0.15) is 0 Å². The number of aliphatic hydroxyl groups is 1. The zero-order chi connectivity index (χ0) is 19.7. The molecule has 0 fully saturated rings. The van der Waals surface area contributed by atoms with Crippen LogP contribution in [0, 0.1) is 10.1 Å². The molecule has 0 spiro atoms. The minimum absolute atomic E-state index is 0.226. The maximum atomic E-state index is 10.7. The molecule has 0 aliphatic carbocycles. The lowest BCUT2D eigenvalue weighted by Gasteiger charge is -2.32. The van der Waals surface area contributed by atoms with Crippen molar-refractivity contribution in [2.24, 2.45) is 0 Å². The normalized spacial score (nSPS) is 13.6. The molecule has 0 aromatic heterocycles. The van der Waals surface area contributed by atoms with Gasteiger partial charge in [0.15, 0.2) is 5.85 Å². The summed E-state index contributed by atoms with van der Waals surface area (Å²) in [6.45, 7) is 6.62. The Morgan fingerprint density at radius 1 is 1.08 bits per heavy atom. The number of rotatable bonds is 3. The number of ether oxygens (including phenoxy) is 1. The number of fused-ring (bicyclic) bond motifs is 2. The smallest absolute Gasteiger partial charge is 0.358 e. The number of benzene rings is 2. The van der Waals surface area contributed by atoms with Gasteiger partial charge in [-0.25, -0.2) is 0 Å². The summed E-state index contributed by atoms with van der Waals surface area (Å²) in [5.41, 5.74) is 0.675. The molecule has 140 valence electrons. The van der Waals surface area contributed by atoms with Crippen LogP contribution < -0.4 is 4.74 Å². The minimum Gasteiger partial charge on any atom is -0.456 e. The molecule has 2 heterocycles. The van der Waals surface area contributed by atoms with Crippen molar-refractivity contribution in [3.05, 3.63) is 63.7 Å². The largest absolute Gasteiger partial charge is 0.456 e. The van der Waals surface area contributed by atoms with E-state index >= 15 is 0 Å². The van der Waals surface area contributed by atoms with Crippen LogP contribution in [0.4, 0.5) is 5.69 Å². The van der Waals surface area contributed by atoms with E-state index < -0.39 is 29.6 Å². The summed E-state index contributed by atoms with van der Waals surface area (Å²) >= 11 is 0. The predicted molar refractivity (Wildman–Crippen MR) is 95.3 cm³/mol. The van der Waals surface area contributed by atoms with Gasteiger partial charge < -0.3 is 19.6 Å². The van der Waals surface area contributed by atoms with Crippen LogP contribution in [0.1, 0.15) is 37.7 Å². The molecule has 2 aromatic carbocycles. The highest BCUT2D eigenvalue weighted by Gasteiger charge is 2.33. The van der Waals surface area contributed by atoms with Gasteiger partial charge in [0.2, 0.25) is 0 Å². The van der Waals surface area contributed by atoms with Crippen LogP contribution in [0.5, 0.6) is 11.5 Å². The highest BCUT2D eigenvalue weighted by atomic mass is 31.2. The van der Waals surface area contributed by atoms with Crippen LogP contribution in [0.15, 0.2) is 42.5 Å². The fourth-order valence-electron chi connectivity index (χ4n) is 2.55. The lowest BCUT2D eigenvalue weighted by Crippen LogP contribution is -2.19. The van der Waals surface area contributed by atoms with Crippen LogP contribution in [0.2, 0.25) is 0 Å². The molecular weight excluding hydrogens is 361 g/mol. The molecule has 1 unspecified atom stereocenters. The first-order valence-corrected chi connectivity index (χ1v) is 9.39. The SMILES string of the molecule is CC(C)(C)c1c2cccc1O2.O=[N+]([O-])c1ccccc1C(O)P(=O)(O)O. The Morgan fingerprint density at radius 3 is 2.00 bits per heavy atom. The Bertz CT molecular complexity index is 849. The zero-order valence-corrected chi connectivity index (χ0v) is 15.4. The molecule has 26 heavy (non-hydrogen) atoms. The van der Waals surface area contributed by atoms with Crippen LogP contribution >= 0.6 is 7.60 Å². The zero-order valence-electron chi connectivity index (χ0n) is 14.5. The lowest BCUT2D eigenvalue weighted by molar-refractivity contribution is -0.386. The molecule has 0 saturated carbocycles. The van der Waals surface area contributed by atoms with Gasteiger partial charge in [0.25, 0.3) is 5.69 Å². The number of hydrogen-bond donors (Lipinski definition) is 3. The molecule has 0 amide bonds. The number of aliphatic hydroxyl groups excluding tert-OH is 1. The van der Waals surface area contributed by atoms with Gasteiger partial charge in [-0.1, -0.05) is 39.0 Å². The molecule has 9 heteroatoms. The van der Waals surface area contributed by atoms with Gasteiger partial charge >= 0.3 is 7.60 Å². The lowest BCUT2D eigenvalue weighted by atomic mass is 9.83. The molecule has 4 rings (SSSR count). The highest BCUT2D eigenvalue weighted by Crippen LogP contribution is 2.51. The minimum atomic E-state index is -4.79. The summed E-state index contributed by atoms with van der Waals surface area (Å²) in [7, 11) is -4.79. The maximum absolute atomic E-state index is 10.7. The van der Waals surface area contributed by atoms with E-state index in [-0.39, 0.29) is 5.41 Å². The molecule has 2 bridgehead atoms. The fourth-order valence-corrected chi connectivity index (χ4v) is 3.13. The maximum Gasteiger partial charge on any atom is 0.358 e. The van der Waals surface area contributed by atoms with Crippen molar-refractivity contribution in [2.75, 3.05) is 0 Å². The molecule has 2 aliphatic rings. The van der Waals surface area contributed by atoms with Crippen LogP contribution in [0.25, 0.3) is 0 Å². The molecule has 1 atom stereocenters. The Morgan fingerprint density at radius 2 is 1.62 bits per heavy atom. The number of nitrogens with zero attached hydrogens (tertiary/aromatic N) is 1. The second-order valence-electron chi connectivity index (χ2n) is 6.76. The molecule has 2 aliphatic heterocycles. The van der Waals surface area contributed by atoms with Crippen molar-refractivity contribution in [3.8, 4) is 11.5 Å². The van der Waals surface area contributed by atoms with Crippen LogP contribution in [-0.2, 0) is 9.98 Å². The summed E-state index contributed by atoms with van der Waals surface area (Å²) < 4.78 is 16.1. The van der Waals surface area contributed by atoms with E-state index in [0.717, 1.165) is 23.6 Å². The van der Waals surface area contributed by atoms with Gasteiger partial charge in [-0.15, -0.1) is 0 Å². The number of hydrogen-bond acceptors (Lipinski definition) is 5. The summed E-state index contributed by atoms with van der Waals surface area (Å²) in [6, 6.07) is 10.9. The first-order valence-electron chi connectivity index (χ1n) is 7.71. The third-order valence-corrected chi connectivity index (χ3v) is 4.60. The topological polar surface area (TPSA) is 130 Å². The summed E-state index contributed by atoms with van der Waals surface area (Å²) in [5.74, 6) is -0.0656. The van der Waals surface area contributed by atoms with Crippen molar-refractivity contribution in [2.45, 2.75) is 32.0 Å². The van der Waals surface area contributed by atoms with E-state index in [1.165, 1.54) is 17.7 Å². The van der Waals surface area contributed by atoms with E-state index in [9.17, 15) is 19.8 Å². The fraction of sp³-hybridized carbons (Fsp3) is 0.294. The Labute approximate surface area is 150 Å². The molecule has 8 nitrogen and oxygen atoms in total. The first kappa shape index (κ1) is 20.1. The first-order chi connectivity index (χ1) is 11.9. The van der Waals surface area contributed by atoms with Gasteiger partial charge in [0.05, 0.1) is 10.5 Å². The third kappa shape index (κ3) is 4.28. The molecule has 0 saturated heterocycles. The quantitative estimate of drug-likeness (QED) is 0.357. The van der Waals surface area contributed by atoms with Gasteiger partial charge in [0, 0.05) is 11.6 Å². The Hall–Kier alpha value is -2.25. The average molecular weight is 381 g/mol. The van der Waals surface area contributed by atoms with E-state index in [0.29, 0.717) is 0 Å². The number of para-hydroxylation sites is 1. The monoisotopic (exact) mass is 381 g/mol. The summed E-state index contributed by atoms with van der Waals surface area (Å²) in [4.78, 5) is 27.1. The van der Waals surface area contributed by atoms with Crippen LogP contribution in [0.3, 0.4) is 0 Å². The van der Waals surface area contributed by atoms with E-state index in [1.54, 1.807) is 0 Å². The molecular formula is C17H20NO7P. The van der Waals surface area contributed by atoms with E-state index in [1.807, 2.05) is 18.2 Å². The van der Waals surface area contributed by atoms with Gasteiger partial charge in [-0.3, -0.25) is 14.7 Å². The van der Waals surface area contributed by atoms with E-state index in [4.69, 9.17) is 14.5 Å². The van der Waals surface area contributed by atoms with Crippen molar-refractivity contribution >= 4 is 13.3 Å². The second-order valence-corrected chi connectivity index (χ2v) is 8.43. The van der Waals surface area contributed by atoms with Gasteiger partial charge in [0.1, 0.15) is 11.5 Å². The van der Waals surface area contributed by atoms with E-state index in [2.05, 4.69) is 20.8 Å². The second kappa shape index (κ2) is 7.17. The van der Waals surface area contributed by atoms with Crippen molar-refractivity contribution in [1.82, 2.24) is 0 Å². The number of nitro groups is 1. The van der Waals surface area contributed by atoms with Crippen molar-refractivity contribution < 1.29 is 29.1 Å². The standard InChI is InChI=1S/C10H12O.C7H8NO6P/c1-10(2,3)9-7-5-4-6-8(9)11-7;9-7(15(12,13)14)5-3-1-2-4-6(5)8(10)11/h4-6H,1-3H3;1-4,7,9H,(H2,12,13,14). The average Bonchev–Trinajstić information content (AvgIpc) is 2.53. The van der Waals surface area contributed by atoms with Crippen LogP contribution in [-0.4, -0.2) is 19.8 Å². The van der Waals surface area contributed by atoms with Crippen molar-refractivity contribution in [1.29, 1.82) is 0 Å². The molecule has 2 aromatic rings. The van der Waals surface area contributed by atoms with Gasteiger partial charge in [-0.05, 0) is 23.6 Å². The molecule has 3 N–H and O–H groups in total. The molecule has 0 radical (unpaired) electrons. The summed E-state index contributed by atoms with van der Waals surface area (Å²) in [5, 5.41) is 19.7. The Balaban J connectivity index is 0.000000195. The third-order valence-electron chi connectivity index (χ3n) is 3.69.